The van der Waals surface area contributed by atoms with E-state index in [9.17, 15) is 4.79 Å². The van der Waals surface area contributed by atoms with Crippen molar-refractivity contribution in [1.29, 1.82) is 0 Å². The quantitative estimate of drug-likeness (QED) is 0.614. The van der Waals surface area contributed by atoms with Crippen LogP contribution in [0.25, 0.3) is 9.40 Å². The molecular formula is C12H14BrNO2S2. The summed E-state index contributed by atoms with van der Waals surface area (Å²) in [7, 11) is 0. The fraction of sp³-hybridized carbons (Fsp3) is 0.417. The van der Waals surface area contributed by atoms with Gasteiger partial charge >= 0.3 is 0 Å². The average Bonchev–Trinajstić information content (AvgIpc) is 2.93. The summed E-state index contributed by atoms with van der Waals surface area (Å²) in [5, 5.41) is 5.81. The number of ether oxygens (including phenoxy) is 1. The molecule has 98 valence electrons. The summed E-state index contributed by atoms with van der Waals surface area (Å²) in [5.41, 5.74) is 0. The molecule has 0 aliphatic heterocycles. The van der Waals surface area contributed by atoms with Crippen LogP contribution >= 0.6 is 38.6 Å². The van der Waals surface area contributed by atoms with Crippen molar-refractivity contribution in [3.8, 4) is 0 Å². The number of nitrogens with one attached hydrogen (secondary N) is 1. The highest BCUT2D eigenvalue weighted by atomic mass is 79.9. The molecule has 6 heteroatoms. The number of hydrogen-bond donors (Lipinski definition) is 1. The van der Waals surface area contributed by atoms with Gasteiger partial charge in [-0.15, -0.1) is 22.7 Å². The Morgan fingerprint density at radius 3 is 3.06 bits per heavy atom. The van der Waals surface area contributed by atoms with Crippen LogP contribution in [0.3, 0.4) is 0 Å². The molecule has 0 aliphatic carbocycles. The number of fused-ring (bicyclic) bond motifs is 1. The van der Waals surface area contributed by atoms with Crippen LogP contribution in [0.15, 0.2) is 17.5 Å². The summed E-state index contributed by atoms with van der Waals surface area (Å²) in [6.07, 6.45) is 0.846. The molecule has 0 bridgehead atoms. The Morgan fingerprint density at radius 1 is 1.39 bits per heavy atom. The molecule has 2 heterocycles. The lowest BCUT2D eigenvalue weighted by Crippen LogP contribution is -2.24. The number of alkyl halides is 1. The average molecular weight is 348 g/mol. The minimum atomic E-state index is 0.0175. The van der Waals surface area contributed by atoms with E-state index in [0.29, 0.717) is 13.2 Å². The Balaban J connectivity index is 1.73. The first-order valence-corrected chi connectivity index (χ1v) is 8.52. The molecule has 3 nitrogen and oxygen atoms in total. The van der Waals surface area contributed by atoms with Gasteiger partial charge in [0, 0.05) is 27.9 Å². The smallest absolute Gasteiger partial charge is 0.261 e. The zero-order valence-electron chi connectivity index (χ0n) is 9.78. The van der Waals surface area contributed by atoms with Gasteiger partial charge in [0.25, 0.3) is 5.91 Å². The van der Waals surface area contributed by atoms with E-state index in [1.54, 1.807) is 22.7 Å². The first kappa shape index (κ1) is 14.0. The minimum Gasteiger partial charge on any atom is -0.381 e. The summed E-state index contributed by atoms with van der Waals surface area (Å²) in [4.78, 5) is 12.6. The van der Waals surface area contributed by atoms with Crippen molar-refractivity contribution in [3.05, 3.63) is 22.4 Å². The Kier molecular flexibility index (Phi) is 5.62. The minimum absolute atomic E-state index is 0.0175. The Bertz CT molecular complexity index is 480. The number of carbonyl (C=O) groups is 1. The largest absolute Gasteiger partial charge is 0.381 e. The lowest BCUT2D eigenvalue weighted by molar-refractivity contribution is 0.0949. The van der Waals surface area contributed by atoms with Gasteiger partial charge < -0.3 is 10.1 Å². The van der Waals surface area contributed by atoms with Crippen LogP contribution in [0, 0.1) is 0 Å². The molecular weight excluding hydrogens is 334 g/mol. The van der Waals surface area contributed by atoms with E-state index in [0.717, 1.165) is 23.2 Å². The van der Waals surface area contributed by atoms with Crippen LogP contribution in [-0.4, -0.2) is 31.0 Å². The van der Waals surface area contributed by atoms with Crippen LogP contribution < -0.4 is 5.32 Å². The molecule has 0 fully saturated rings. The van der Waals surface area contributed by atoms with Crippen molar-refractivity contribution in [1.82, 2.24) is 5.32 Å². The highest BCUT2D eigenvalue weighted by molar-refractivity contribution is 9.09. The zero-order valence-corrected chi connectivity index (χ0v) is 13.0. The number of thiophene rings is 2. The normalized spacial score (nSPS) is 10.9. The second kappa shape index (κ2) is 7.23. The third kappa shape index (κ3) is 3.78. The fourth-order valence-electron chi connectivity index (χ4n) is 1.50. The third-order valence-electron chi connectivity index (χ3n) is 2.34. The van der Waals surface area contributed by atoms with Gasteiger partial charge in [0.15, 0.2) is 0 Å². The molecule has 0 atom stereocenters. The first-order valence-electron chi connectivity index (χ1n) is 5.70. The summed E-state index contributed by atoms with van der Waals surface area (Å²) >= 11 is 6.51. The summed E-state index contributed by atoms with van der Waals surface area (Å²) in [6.45, 7) is 2.06. The maximum atomic E-state index is 11.9. The van der Waals surface area contributed by atoms with Crippen LogP contribution in [0.5, 0.6) is 0 Å². The molecule has 0 aliphatic rings. The number of rotatable bonds is 7. The monoisotopic (exact) mass is 347 g/mol. The molecule has 1 amide bonds. The molecule has 0 radical (unpaired) electrons. The molecule has 0 unspecified atom stereocenters. The van der Waals surface area contributed by atoms with E-state index in [1.165, 1.54) is 9.40 Å². The molecule has 18 heavy (non-hydrogen) atoms. The standard InChI is InChI=1S/C12H14BrNO2S2/c13-3-6-16-5-1-4-14-12(15)11-8-10-9(18-11)2-7-17-10/h2,7-8H,1,3-6H2,(H,14,15). The molecule has 0 saturated carbocycles. The first-order chi connectivity index (χ1) is 8.81. The van der Waals surface area contributed by atoms with Crippen molar-refractivity contribution in [3.63, 3.8) is 0 Å². The van der Waals surface area contributed by atoms with E-state index >= 15 is 0 Å². The molecule has 1 N–H and O–H groups in total. The van der Waals surface area contributed by atoms with Gasteiger partial charge in [0.1, 0.15) is 0 Å². The topological polar surface area (TPSA) is 38.3 Å². The molecule has 2 aromatic rings. The van der Waals surface area contributed by atoms with Gasteiger partial charge in [-0.2, -0.15) is 0 Å². The Hall–Kier alpha value is -0.430. The van der Waals surface area contributed by atoms with Crippen molar-refractivity contribution in [2.24, 2.45) is 0 Å². The Morgan fingerprint density at radius 2 is 2.28 bits per heavy atom. The molecule has 0 saturated heterocycles. The highest BCUT2D eigenvalue weighted by Crippen LogP contribution is 2.29. The van der Waals surface area contributed by atoms with E-state index in [1.807, 2.05) is 11.4 Å². The third-order valence-corrected chi connectivity index (χ3v) is 4.75. The van der Waals surface area contributed by atoms with Gasteiger partial charge in [0.05, 0.1) is 11.5 Å². The van der Waals surface area contributed by atoms with Gasteiger partial charge in [-0.3, -0.25) is 4.79 Å². The van der Waals surface area contributed by atoms with Crippen LogP contribution in [0.2, 0.25) is 0 Å². The number of halogens is 1. The molecule has 0 spiro atoms. The molecule has 2 rings (SSSR count). The van der Waals surface area contributed by atoms with E-state index < -0.39 is 0 Å². The number of carbonyl (C=O) groups excluding carboxylic acids is 1. The van der Waals surface area contributed by atoms with Gasteiger partial charge in [0.2, 0.25) is 0 Å². The maximum Gasteiger partial charge on any atom is 0.261 e. The van der Waals surface area contributed by atoms with E-state index in [-0.39, 0.29) is 5.91 Å². The van der Waals surface area contributed by atoms with Crippen molar-refractivity contribution in [2.75, 3.05) is 25.1 Å². The van der Waals surface area contributed by atoms with Crippen molar-refractivity contribution in [2.45, 2.75) is 6.42 Å². The van der Waals surface area contributed by atoms with Crippen LogP contribution in [0.4, 0.5) is 0 Å². The fourth-order valence-corrected chi connectivity index (χ4v) is 3.75. The van der Waals surface area contributed by atoms with Crippen molar-refractivity contribution >= 4 is 53.9 Å². The predicted octanol–water partition coefficient (Wildman–Crippen LogP) is 3.49. The van der Waals surface area contributed by atoms with E-state index in [4.69, 9.17) is 4.74 Å². The molecule has 2 aromatic heterocycles. The van der Waals surface area contributed by atoms with Gasteiger partial charge in [-0.1, -0.05) is 15.9 Å². The second-order valence-corrected chi connectivity index (χ2v) is 6.50. The SMILES string of the molecule is O=C(NCCCOCCBr)c1cc2sccc2s1. The summed E-state index contributed by atoms with van der Waals surface area (Å²) in [5.74, 6) is 0.0175. The van der Waals surface area contributed by atoms with Gasteiger partial charge in [-0.05, 0) is 23.9 Å². The molecule has 0 aromatic carbocycles. The summed E-state index contributed by atoms with van der Waals surface area (Å²) < 4.78 is 7.68. The van der Waals surface area contributed by atoms with Crippen LogP contribution in [-0.2, 0) is 4.74 Å². The Labute approximate surface area is 122 Å². The lowest BCUT2D eigenvalue weighted by atomic mass is 10.4. The number of hydrogen-bond acceptors (Lipinski definition) is 4. The van der Waals surface area contributed by atoms with E-state index in [2.05, 4.69) is 27.3 Å². The lowest BCUT2D eigenvalue weighted by Gasteiger charge is -2.03. The zero-order chi connectivity index (χ0) is 12.8. The predicted molar refractivity (Wildman–Crippen MR) is 81.3 cm³/mol. The van der Waals surface area contributed by atoms with Crippen molar-refractivity contribution < 1.29 is 9.53 Å². The second-order valence-electron chi connectivity index (χ2n) is 3.67. The number of amides is 1. The summed E-state index contributed by atoms with van der Waals surface area (Å²) in [6, 6.07) is 4.01. The maximum absolute atomic E-state index is 11.9. The van der Waals surface area contributed by atoms with Crippen LogP contribution in [0.1, 0.15) is 16.1 Å². The highest BCUT2D eigenvalue weighted by Gasteiger charge is 2.09. The van der Waals surface area contributed by atoms with Gasteiger partial charge in [-0.25, -0.2) is 0 Å².